The van der Waals surface area contributed by atoms with Crippen LogP contribution >= 0.6 is 0 Å². The SMILES string of the molecule is CC(C)C1(C(C)C)C2CCCCC2C2CCCCC21. The van der Waals surface area contributed by atoms with Gasteiger partial charge in [0.1, 0.15) is 0 Å². The van der Waals surface area contributed by atoms with Crippen molar-refractivity contribution >= 4 is 0 Å². The molecule has 3 aliphatic rings. The van der Waals surface area contributed by atoms with Crippen molar-refractivity contribution < 1.29 is 0 Å². The predicted molar refractivity (Wildman–Crippen MR) is 83.0 cm³/mol. The second kappa shape index (κ2) is 5.08. The Morgan fingerprint density at radius 3 is 1.37 bits per heavy atom. The lowest BCUT2D eigenvalue weighted by atomic mass is 9.54. The number of hydrogen-bond acceptors (Lipinski definition) is 0. The third-order valence-corrected chi connectivity index (χ3v) is 7.47. The molecule has 0 spiro atoms. The predicted octanol–water partition coefficient (Wildman–Crippen LogP) is 5.91. The molecule has 3 fully saturated rings. The molecule has 0 heteroatoms. The van der Waals surface area contributed by atoms with Gasteiger partial charge in [0, 0.05) is 0 Å². The Kier molecular flexibility index (Phi) is 3.73. The van der Waals surface area contributed by atoms with Crippen molar-refractivity contribution in [3.05, 3.63) is 0 Å². The first kappa shape index (κ1) is 14.0. The number of hydrogen-bond donors (Lipinski definition) is 0. The highest BCUT2D eigenvalue weighted by molar-refractivity contribution is 5.10. The molecule has 110 valence electrons. The largest absolute Gasteiger partial charge is 0.0622 e. The van der Waals surface area contributed by atoms with E-state index in [0.29, 0.717) is 5.41 Å². The second-order valence-corrected chi connectivity index (χ2v) is 8.42. The van der Waals surface area contributed by atoms with Crippen LogP contribution in [0.4, 0.5) is 0 Å². The van der Waals surface area contributed by atoms with Crippen LogP contribution in [-0.2, 0) is 0 Å². The first-order valence-corrected chi connectivity index (χ1v) is 9.10. The maximum absolute atomic E-state index is 2.54. The van der Waals surface area contributed by atoms with Gasteiger partial charge in [0.05, 0.1) is 0 Å². The molecule has 4 atom stereocenters. The molecular formula is C19H34. The maximum Gasteiger partial charge on any atom is -0.0189 e. The van der Waals surface area contributed by atoms with Crippen LogP contribution < -0.4 is 0 Å². The summed E-state index contributed by atoms with van der Waals surface area (Å²) in [6.45, 7) is 10.2. The van der Waals surface area contributed by atoms with Crippen LogP contribution in [0.15, 0.2) is 0 Å². The molecule has 0 bridgehead atoms. The average molecular weight is 262 g/mol. The lowest BCUT2D eigenvalue weighted by molar-refractivity contribution is -0.0207. The maximum atomic E-state index is 2.54. The van der Waals surface area contributed by atoms with Gasteiger partial charge in [0.2, 0.25) is 0 Å². The molecule has 3 saturated carbocycles. The summed E-state index contributed by atoms with van der Waals surface area (Å²) in [5.41, 5.74) is 0.677. The van der Waals surface area contributed by atoms with Gasteiger partial charge in [-0.25, -0.2) is 0 Å². The Morgan fingerprint density at radius 1 is 0.632 bits per heavy atom. The van der Waals surface area contributed by atoms with Crippen molar-refractivity contribution in [3.8, 4) is 0 Å². The minimum Gasteiger partial charge on any atom is -0.0622 e. The fraction of sp³-hybridized carbons (Fsp3) is 1.00. The average Bonchev–Trinajstić information content (AvgIpc) is 2.70. The van der Waals surface area contributed by atoms with E-state index in [1.165, 1.54) is 25.7 Å². The molecule has 0 aliphatic heterocycles. The van der Waals surface area contributed by atoms with E-state index in [-0.39, 0.29) is 0 Å². The van der Waals surface area contributed by atoms with E-state index in [4.69, 9.17) is 0 Å². The lowest BCUT2D eigenvalue weighted by Gasteiger charge is -2.50. The molecule has 0 radical (unpaired) electrons. The molecule has 3 aliphatic carbocycles. The molecule has 4 unspecified atom stereocenters. The van der Waals surface area contributed by atoms with Crippen molar-refractivity contribution in [2.24, 2.45) is 40.9 Å². The Morgan fingerprint density at radius 2 is 1.00 bits per heavy atom. The molecule has 0 aromatic rings. The number of fused-ring (bicyclic) bond motifs is 3. The molecule has 0 saturated heterocycles. The Labute approximate surface area is 120 Å². The summed E-state index contributed by atoms with van der Waals surface area (Å²) < 4.78 is 0. The van der Waals surface area contributed by atoms with Gasteiger partial charge in [-0.1, -0.05) is 53.4 Å². The van der Waals surface area contributed by atoms with Gasteiger partial charge in [-0.05, 0) is 66.6 Å². The van der Waals surface area contributed by atoms with Crippen molar-refractivity contribution in [1.82, 2.24) is 0 Å². The minimum atomic E-state index is 0.677. The van der Waals surface area contributed by atoms with E-state index < -0.39 is 0 Å². The molecule has 0 heterocycles. The second-order valence-electron chi connectivity index (χ2n) is 8.42. The van der Waals surface area contributed by atoms with Gasteiger partial charge in [-0.3, -0.25) is 0 Å². The van der Waals surface area contributed by atoms with Crippen LogP contribution in [0.2, 0.25) is 0 Å². The standard InChI is InChI=1S/C19H34/c1-13(2)19(14(3)4)17-11-7-5-9-15(17)16-10-6-8-12-18(16)19/h13-18H,5-12H2,1-4H3. The van der Waals surface area contributed by atoms with Crippen LogP contribution in [0.25, 0.3) is 0 Å². The van der Waals surface area contributed by atoms with Gasteiger partial charge in [-0.15, -0.1) is 0 Å². The summed E-state index contributed by atoms with van der Waals surface area (Å²) >= 11 is 0. The third-order valence-electron chi connectivity index (χ3n) is 7.47. The van der Waals surface area contributed by atoms with Crippen molar-refractivity contribution in [1.29, 1.82) is 0 Å². The molecule has 0 aromatic carbocycles. The van der Waals surface area contributed by atoms with Crippen molar-refractivity contribution in [2.75, 3.05) is 0 Å². The smallest absolute Gasteiger partial charge is 0.0189 e. The van der Waals surface area contributed by atoms with Gasteiger partial charge >= 0.3 is 0 Å². The number of rotatable bonds is 2. The summed E-state index contributed by atoms with van der Waals surface area (Å²) in [4.78, 5) is 0. The van der Waals surface area contributed by atoms with Crippen LogP contribution in [0.5, 0.6) is 0 Å². The van der Waals surface area contributed by atoms with Gasteiger partial charge in [-0.2, -0.15) is 0 Å². The fourth-order valence-corrected chi connectivity index (χ4v) is 7.24. The lowest BCUT2D eigenvalue weighted by Crippen LogP contribution is -2.44. The van der Waals surface area contributed by atoms with E-state index in [2.05, 4.69) is 27.7 Å². The normalized spacial score (nSPS) is 41.4. The monoisotopic (exact) mass is 262 g/mol. The molecule has 0 amide bonds. The Bertz CT molecular complexity index is 282. The molecule has 19 heavy (non-hydrogen) atoms. The summed E-state index contributed by atoms with van der Waals surface area (Å²) in [5, 5.41) is 0. The van der Waals surface area contributed by atoms with E-state index >= 15 is 0 Å². The highest BCUT2D eigenvalue weighted by Gasteiger charge is 2.61. The summed E-state index contributed by atoms with van der Waals surface area (Å²) in [7, 11) is 0. The fourth-order valence-electron chi connectivity index (χ4n) is 7.24. The van der Waals surface area contributed by atoms with Crippen LogP contribution in [0.1, 0.15) is 79.1 Å². The van der Waals surface area contributed by atoms with E-state index in [9.17, 15) is 0 Å². The highest BCUT2D eigenvalue weighted by Crippen LogP contribution is 2.68. The van der Waals surface area contributed by atoms with Gasteiger partial charge in [0.25, 0.3) is 0 Å². The van der Waals surface area contributed by atoms with Crippen molar-refractivity contribution in [2.45, 2.75) is 79.1 Å². The first-order valence-electron chi connectivity index (χ1n) is 9.10. The summed E-state index contributed by atoms with van der Waals surface area (Å²) in [5.74, 6) is 6.09. The van der Waals surface area contributed by atoms with E-state index in [0.717, 1.165) is 35.5 Å². The zero-order valence-electron chi connectivity index (χ0n) is 13.6. The Hall–Kier alpha value is 0. The summed E-state index contributed by atoms with van der Waals surface area (Å²) in [6.07, 6.45) is 12.3. The Balaban J connectivity index is 2.03. The zero-order chi connectivity index (χ0) is 13.6. The topological polar surface area (TPSA) is 0 Å². The zero-order valence-corrected chi connectivity index (χ0v) is 13.6. The third kappa shape index (κ3) is 1.84. The summed E-state index contributed by atoms with van der Waals surface area (Å²) in [6, 6.07) is 0. The van der Waals surface area contributed by atoms with Crippen molar-refractivity contribution in [3.63, 3.8) is 0 Å². The van der Waals surface area contributed by atoms with Gasteiger partial charge < -0.3 is 0 Å². The minimum absolute atomic E-state index is 0.677. The van der Waals surface area contributed by atoms with Crippen LogP contribution in [0, 0.1) is 40.9 Å². The van der Waals surface area contributed by atoms with E-state index in [1.807, 2.05) is 0 Å². The quantitative estimate of drug-likeness (QED) is 0.580. The van der Waals surface area contributed by atoms with Crippen LogP contribution in [0.3, 0.4) is 0 Å². The molecule has 0 nitrogen and oxygen atoms in total. The molecule has 0 N–H and O–H groups in total. The molecule has 0 aromatic heterocycles. The van der Waals surface area contributed by atoms with Gasteiger partial charge in [0.15, 0.2) is 0 Å². The highest BCUT2D eigenvalue weighted by atomic mass is 14.7. The molecule has 3 rings (SSSR count). The van der Waals surface area contributed by atoms with E-state index in [1.54, 1.807) is 25.7 Å². The first-order chi connectivity index (χ1) is 9.10. The van der Waals surface area contributed by atoms with Crippen LogP contribution in [-0.4, -0.2) is 0 Å². The molecular weight excluding hydrogens is 228 g/mol.